The lowest BCUT2D eigenvalue weighted by Crippen LogP contribution is -2.32. The predicted octanol–water partition coefficient (Wildman–Crippen LogP) is 4.38. The van der Waals surface area contributed by atoms with Crippen LogP contribution in [0.15, 0.2) is 72.4 Å². The fourth-order valence-corrected chi connectivity index (χ4v) is 3.40. The van der Waals surface area contributed by atoms with Crippen molar-refractivity contribution in [2.24, 2.45) is 0 Å². The summed E-state index contributed by atoms with van der Waals surface area (Å²) in [6.45, 7) is 0. The van der Waals surface area contributed by atoms with Crippen LogP contribution in [-0.2, 0) is 9.59 Å². The standard InChI is InChI=1S/C24H18F2N2O4/c1-31-17-10-15(11-18(13-17)32-2)27-22-21(14-6-4-3-5-7-14)23(29)28(24(22)30)16-8-9-19(25)20(26)12-16/h3-13,27H,1-2H3. The molecule has 4 rings (SSSR count). The minimum atomic E-state index is -1.16. The normalized spacial score (nSPS) is 13.6. The quantitative estimate of drug-likeness (QED) is 0.581. The molecule has 2 amide bonds. The summed E-state index contributed by atoms with van der Waals surface area (Å²) in [5.41, 5.74) is 0.946. The molecule has 1 aliphatic rings. The van der Waals surface area contributed by atoms with E-state index in [1.54, 1.807) is 48.5 Å². The first-order valence-corrected chi connectivity index (χ1v) is 9.56. The van der Waals surface area contributed by atoms with Crippen LogP contribution >= 0.6 is 0 Å². The summed E-state index contributed by atoms with van der Waals surface area (Å²) >= 11 is 0. The second-order valence-corrected chi connectivity index (χ2v) is 6.89. The first kappa shape index (κ1) is 21.0. The number of nitrogens with zero attached hydrogens (tertiary/aromatic N) is 1. The molecule has 1 aliphatic heterocycles. The molecule has 0 spiro atoms. The molecule has 3 aromatic carbocycles. The Bertz CT molecular complexity index is 1220. The van der Waals surface area contributed by atoms with Crippen molar-refractivity contribution in [2.45, 2.75) is 0 Å². The molecular formula is C24H18F2N2O4. The maximum absolute atomic E-state index is 13.8. The van der Waals surface area contributed by atoms with Crippen molar-refractivity contribution in [1.29, 1.82) is 0 Å². The highest BCUT2D eigenvalue weighted by molar-refractivity contribution is 6.46. The highest BCUT2D eigenvalue weighted by Crippen LogP contribution is 2.35. The number of hydrogen-bond acceptors (Lipinski definition) is 5. The zero-order chi connectivity index (χ0) is 22.8. The van der Waals surface area contributed by atoms with Gasteiger partial charge < -0.3 is 14.8 Å². The minimum absolute atomic E-state index is 0.0127. The number of carbonyl (C=O) groups is 2. The molecule has 0 atom stereocenters. The number of ether oxygens (including phenoxy) is 2. The van der Waals surface area contributed by atoms with E-state index < -0.39 is 23.4 Å². The number of carbonyl (C=O) groups excluding carboxylic acids is 2. The van der Waals surface area contributed by atoms with E-state index in [4.69, 9.17) is 9.47 Å². The monoisotopic (exact) mass is 436 g/mol. The van der Waals surface area contributed by atoms with Crippen molar-refractivity contribution in [2.75, 3.05) is 24.4 Å². The number of nitrogens with one attached hydrogen (secondary N) is 1. The van der Waals surface area contributed by atoms with Crippen LogP contribution < -0.4 is 19.7 Å². The molecule has 0 bridgehead atoms. The van der Waals surface area contributed by atoms with Gasteiger partial charge in [-0.2, -0.15) is 0 Å². The van der Waals surface area contributed by atoms with Crippen molar-refractivity contribution < 1.29 is 27.8 Å². The first-order valence-electron chi connectivity index (χ1n) is 9.56. The third kappa shape index (κ3) is 3.78. The summed E-state index contributed by atoms with van der Waals surface area (Å²) in [6, 6.07) is 16.4. The van der Waals surface area contributed by atoms with Gasteiger partial charge in [0.15, 0.2) is 11.6 Å². The van der Waals surface area contributed by atoms with Crippen LogP contribution in [0, 0.1) is 11.6 Å². The summed E-state index contributed by atoms with van der Waals surface area (Å²) < 4.78 is 37.8. The molecule has 8 heteroatoms. The van der Waals surface area contributed by atoms with E-state index in [9.17, 15) is 18.4 Å². The van der Waals surface area contributed by atoms with Crippen LogP contribution in [0.4, 0.5) is 20.2 Å². The third-order valence-electron chi connectivity index (χ3n) is 4.93. The summed E-state index contributed by atoms with van der Waals surface area (Å²) in [7, 11) is 2.98. The molecule has 6 nitrogen and oxygen atoms in total. The molecule has 1 heterocycles. The van der Waals surface area contributed by atoms with Gasteiger partial charge in [-0.25, -0.2) is 13.7 Å². The second kappa shape index (κ2) is 8.50. The Morgan fingerprint density at radius 2 is 1.44 bits per heavy atom. The Kier molecular flexibility index (Phi) is 5.59. The van der Waals surface area contributed by atoms with Crippen LogP contribution in [-0.4, -0.2) is 26.0 Å². The topological polar surface area (TPSA) is 67.9 Å². The van der Waals surface area contributed by atoms with Crippen molar-refractivity contribution in [1.82, 2.24) is 0 Å². The number of methoxy groups -OCH3 is 2. The third-order valence-corrected chi connectivity index (χ3v) is 4.93. The van der Waals surface area contributed by atoms with E-state index in [2.05, 4.69) is 5.32 Å². The highest BCUT2D eigenvalue weighted by atomic mass is 19.2. The number of imide groups is 1. The van der Waals surface area contributed by atoms with Crippen LogP contribution in [0.2, 0.25) is 0 Å². The molecule has 162 valence electrons. The van der Waals surface area contributed by atoms with Gasteiger partial charge >= 0.3 is 0 Å². The average molecular weight is 436 g/mol. The number of anilines is 2. The molecule has 0 aromatic heterocycles. The molecule has 0 unspecified atom stereocenters. The van der Waals surface area contributed by atoms with Gasteiger partial charge in [-0.1, -0.05) is 30.3 Å². The van der Waals surface area contributed by atoms with Crippen LogP contribution in [0.1, 0.15) is 5.56 Å². The van der Waals surface area contributed by atoms with Gasteiger partial charge in [0, 0.05) is 30.0 Å². The molecule has 0 saturated carbocycles. The Balaban J connectivity index is 1.82. The van der Waals surface area contributed by atoms with E-state index >= 15 is 0 Å². The maximum Gasteiger partial charge on any atom is 0.282 e. The second-order valence-electron chi connectivity index (χ2n) is 6.89. The van der Waals surface area contributed by atoms with E-state index in [-0.39, 0.29) is 17.0 Å². The molecule has 3 aromatic rings. The van der Waals surface area contributed by atoms with Gasteiger partial charge in [-0.15, -0.1) is 0 Å². The van der Waals surface area contributed by atoms with Gasteiger partial charge in [-0.3, -0.25) is 9.59 Å². The van der Waals surface area contributed by atoms with Gasteiger partial charge in [0.05, 0.1) is 25.5 Å². The summed E-state index contributed by atoms with van der Waals surface area (Å²) in [5.74, 6) is -2.66. The van der Waals surface area contributed by atoms with Crippen molar-refractivity contribution in [3.63, 3.8) is 0 Å². The molecule has 0 radical (unpaired) electrons. The first-order chi connectivity index (χ1) is 15.4. The molecule has 32 heavy (non-hydrogen) atoms. The lowest BCUT2D eigenvalue weighted by atomic mass is 10.0. The van der Waals surface area contributed by atoms with Gasteiger partial charge in [-0.05, 0) is 17.7 Å². The fraction of sp³-hybridized carbons (Fsp3) is 0.0833. The number of benzene rings is 3. The van der Waals surface area contributed by atoms with Crippen molar-refractivity contribution in [3.05, 3.63) is 89.6 Å². The molecule has 1 N–H and O–H groups in total. The minimum Gasteiger partial charge on any atom is -0.497 e. The number of amides is 2. The maximum atomic E-state index is 13.8. The van der Waals surface area contributed by atoms with Gasteiger partial charge in [0.1, 0.15) is 17.2 Å². The Labute approximate surface area is 182 Å². The van der Waals surface area contributed by atoms with E-state index in [1.807, 2.05) is 0 Å². The Morgan fingerprint density at radius 1 is 0.781 bits per heavy atom. The Hall–Kier alpha value is -4.20. The molecule has 0 aliphatic carbocycles. The van der Waals surface area contributed by atoms with E-state index in [1.165, 1.54) is 20.3 Å². The van der Waals surface area contributed by atoms with Crippen LogP contribution in [0.5, 0.6) is 11.5 Å². The van der Waals surface area contributed by atoms with E-state index in [0.717, 1.165) is 17.0 Å². The average Bonchev–Trinajstić information content (AvgIpc) is 3.05. The zero-order valence-corrected chi connectivity index (χ0v) is 17.2. The lowest BCUT2D eigenvalue weighted by molar-refractivity contribution is -0.120. The largest absolute Gasteiger partial charge is 0.497 e. The molecule has 0 fully saturated rings. The smallest absolute Gasteiger partial charge is 0.282 e. The lowest BCUT2D eigenvalue weighted by Gasteiger charge is -2.16. The van der Waals surface area contributed by atoms with Crippen LogP contribution in [0.25, 0.3) is 5.57 Å². The van der Waals surface area contributed by atoms with E-state index in [0.29, 0.717) is 22.7 Å². The SMILES string of the molecule is COc1cc(NC2=C(c3ccccc3)C(=O)N(c3ccc(F)c(F)c3)C2=O)cc(OC)c1. The molecular weight excluding hydrogens is 418 g/mol. The van der Waals surface area contributed by atoms with Crippen LogP contribution in [0.3, 0.4) is 0 Å². The summed E-state index contributed by atoms with van der Waals surface area (Å²) in [6.07, 6.45) is 0. The zero-order valence-electron chi connectivity index (χ0n) is 17.2. The number of halogens is 2. The summed E-state index contributed by atoms with van der Waals surface area (Å²) in [4.78, 5) is 27.4. The van der Waals surface area contributed by atoms with Gasteiger partial charge in [0.25, 0.3) is 11.8 Å². The van der Waals surface area contributed by atoms with Gasteiger partial charge in [0.2, 0.25) is 0 Å². The Morgan fingerprint density at radius 3 is 2.03 bits per heavy atom. The predicted molar refractivity (Wildman–Crippen MR) is 115 cm³/mol. The fourth-order valence-electron chi connectivity index (χ4n) is 3.40. The number of rotatable bonds is 6. The number of hydrogen-bond donors (Lipinski definition) is 1. The van der Waals surface area contributed by atoms with Crippen molar-refractivity contribution in [3.8, 4) is 11.5 Å². The highest BCUT2D eigenvalue weighted by Gasteiger charge is 2.40. The molecule has 0 saturated heterocycles. The summed E-state index contributed by atoms with van der Waals surface area (Å²) in [5, 5.41) is 2.98. The van der Waals surface area contributed by atoms with Crippen molar-refractivity contribution >= 4 is 28.8 Å².